The van der Waals surface area contributed by atoms with E-state index in [0.29, 0.717) is 23.1 Å². The predicted octanol–water partition coefficient (Wildman–Crippen LogP) is 6.06. The van der Waals surface area contributed by atoms with Gasteiger partial charge in [-0.15, -0.1) is 0 Å². The summed E-state index contributed by atoms with van der Waals surface area (Å²) in [6.07, 6.45) is 0.00465. The van der Waals surface area contributed by atoms with Gasteiger partial charge in [0.15, 0.2) is 0 Å². The first kappa shape index (κ1) is 27.8. The fourth-order valence-corrected chi connectivity index (χ4v) is 6.01. The molecule has 2 aromatic rings. The molecular weight excluding hydrogens is 527 g/mol. The van der Waals surface area contributed by atoms with Crippen LogP contribution < -0.4 is 20.1 Å². The molecular formula is C28H34F3N5O2S. The molecule has 3 aliphatic rings. The van der Waals surface area contributed by atoms with Crippen LogP contribution in [0.15, 0.2) is 59.6 Å². The number of aromatic nitrogens is 1. The monoisotopic (exact) mass is 561 g/mol. The third kappa shape index (κ3) is 6.05. The van der Waals surface area contributed by atoms with Gasteiger partial charge in [0.2, 0.25) is 0 Å². The smallest absolute Gasteiger partial charge is 0.358 e. The summed E-state index contributed by atoms with van der Waals surface area (Å²) in [7, 11) is 0. The molecule has 11 heteroatoms. The van der Waals surface area contributed by atoms with Gasteiger partial charge in [-0.05, 0) is 87.7 Å². The topological polar surface area (TPSA) is 69.7 Å². The average Bonchev–Trinajstić information content (AvgIpc) is 3.46. The van der Waals surface area contributed by atoms with Crippen LogP contribution in [0.5, 0.6) is 0 Å². The molecule has 5 rings (SSSR count). The molecule has 1 amide bonds. The van der Waals surface area contributed by atoms with E-state index >= 15 is 0 Å². The Bertz CT molecular complexity index is 1220. The molecule has 0 spiro atoms. The minimum Gasteiger partial charge on any atom is -0.358 e. The van der Waals surface area contributed by atoms with Gasteiger partial charge in [-0.3, -0.25) is 14.5 Å². The number of carbonyl (C=O) groups is 1. The number of nitrogens with zero attached hydrogens (tertiary/aromatic N) is 3. The van der Waals surface area contributed by atoms with Crippen LogP contribution in [0.3, 0.4) is 0 Å². The second-order valence-corrected chi connectivity index (χ2v) is 12.2. The zero-order valence-electron chi connectivity index (χ0n) is 22.3. The Morgan fingerprint density at radius 1 is 1.21 bits per heavy atom. The van der Waals surface area contributed by atoms with Crippen LogP contribution in [0.1, 0.15) is 56.8 Å². The third-order valence-electron chi connectivity index (χ3n) is 7.69. The summed E-state index contributed by atoms with van der Waals surface area (Å²) in [5.74, 6) is 1.35. The lowest BCUT2D eigenvalue weighted by Gasteiger charge is -2.34. The largest absolute Gasteiger partial charge is 0.394 e. The Labute approximate surface area is 231 Å². The quantitative estimate of drug-likeness (QED) is 0.361. The zero-order valence-corrected chi connectivity index (χ0v) is 23.1. The number of ether oxygens (including phenoxy) is 1. The van der Waals surface area contributed by atoms with E-state index < -0.39 is 17.8 Å². The van der Waals surface area contributed by atoms with Crippen molar-refractivity contribution in [3.63, 3.8) is 0 Å². The molecule has 2 N–H and O–H groups in total. The highest BCUT2D eigenvalue weighted by Gasteiger charge is 2.62. The normalized spacial score (nSPS) is 23.3. The van der Waals surface area contributed by atoms with E-state index in [1.807, 2.05) is 30.3 Å². The van der Waals surface area contributed by atoms with Crippen molar-refractivity contribution in [1.29, 1.82) is 0 Å². The van der Waals surface area contributed by atoms with E-state index in [1.165, 1.54) is 11.9 Å². The molecule has 0 radical (unpaired) electrons. The molecule has 1 saturated heterocycles. The Hall–Kier alpha value is -2.76. The van der Waals surface area contributed by atoms with Gasteiger partial charge in [0, 0.05) is 29.8 Å². The van der Waals surface area contributed by atoms with Gasteiger partial charge >= 0.3 is 6.18 Å². The van der Waals surface area contributed by atoms with E-state index in [2.05, 4.69) is 35.8 Å². The molecule has 1 aliphatic carbocycles. The summed E-state index contributed by atoms with van der Waals surface area (Å²) in [6, 6.07) is 13.1. The maximum atomic E-state index is 13.3. The van der Waals surface area contributed by atoms with Gasteiger partial charge in [0.1, 0.15) is 17.9 Å². The van der Waals surface area contributed by atoms with Gasteiger partial charge in [-0.2, -0.15) is 18.6 Å². The van der Waals surface area contributed by atoms with Crippen LogP contribution >= 0.6 is 11.9 Å². The Kier molecular flexibility index (Phi) is 7.60. The van der Waals surface area contributed by atoms with E-state index in [-0.39, 0.29) is 37.3 Å². The number of rotatable bonds is 9. The van der Waals surface area contributed by atoms with Crippen molar-refractivity contribution < 1.29 is 22.7 Å². The number of hydrogen-bond acceptors (Lipinski definition) is 7. The van der Waals surface area contributed by atoms with Crippen LogP contribution in [-0.2, 0) is 4.74 Å². The van der Waals surface area contributed by atoms with Gasteiger partial charge in [-0.1, -0.05) is 25.1 Å². The van der Waals surface area contributed by atoms with Gasteiger partial charge < -0.3 is 9.64 Å². The highest BCUT2D eigenvalue weighted by Crippen LogP contribution is 2.59. The van der Waals surface area contributed by atoms with Crippen LogP contribution in [-0.4, -0.2) is 42.0 Å². The standard InChI is InChI=1S/C28H34F3N5O2S/c1-19-17-26(2,3)35(18-19)24-21(25(37)34-39-20-7-5-4-6-8-20)9-10-22(32-24)36-15-11-23(33-36)38-16-14-27(12-13-27)28(29,30)31/h4-11,15,19,23,33H,12-14,16-18H2,1-3H3,(H,34,37). The van der Waals surface area contributed by atoms with Crippen molar-refractivity contribution >= 4 is 29.5 Å². The minimum absolute atomic E-state index is 0.00603. The van der Waals surface area contributed by atoms with Crippen LogP contribution in [0.4, 0.5) is 24.8 Å². The second kappa shape index (κ2) is 10.7. The first-order chi connectivity index (χ1) is 18.5. The Morgan fingerprint density at radius 2 is 1.95 bits per heavy atom. The van der Waals surface area contributed by atoms with E-state index in [1.54, 1.807) is 29.4 Å². The average molecular weight is 562 g/mol. The van der Waals surface area contributed by atoms with Crippen molar-refractivity contribution in [1.82, 2.24) is 15.1 Å². The number of benzene rings is 1. The summed E-state index contributed by atoms with van der Waals surface area (Å²) >= 11 is 1.25. The lowest BCUT2D eigenvalue weighted by molar-refractivity contribution is -0.192. The van der Waals surface area contributed by atoms with Gasteiger partial charge in [-0.25, -0.2) is 4.98 Å². The fraction of sp³-hybridized carbons (Fsp3) is 0.500. The van der Waals surface area contributed by atoms with E-state index in [9.17, 15) is 18.0 Å². The molecule has 1 saturated carbocycles. The highest BCUT2D eigenvalue weighted by atomic mass is 32.2. The molecule has 3 heterocycles. The molecule has 2 fully saturated rings. The first-order valence-corrected chi connectivity index (χ1v) is 14.0. The Morgan fingerprint density at radius 3 is 2.59 bits per heavy atom. The number of alkyl halides is 3. The molecule has 2 aliphatic heterocycles. The number of hydrogen-bond donors (Lipinski definition) is 2. The lowest BCUT2D eigenvalue weighted by Crippen LogP contribution is -2.41. The van der Waals surface area contributed by atoms with Crippen LogP contribution in [0, 0.1) is 11.3 Å². The van der Waals surface area contributed by atoms with Crippen molar-refractivity contribution in [2.75, 3.05) is 23.1 Å². The predicted molar refractivity (Wildman–Crippen MR) is 146 cm³/mol. The highest BCUT2D eigenvalue weighted by molar-refractivity contribution is 7.98. The summed E-state index contributed by atoms with van der Waals surface area (Å²) in [4.78, 5) is 21.3. The molecule has 210 valence electrons. The number of anilines is 2. The van der Waals surface area contributed by atoms with E-state index in [4.69, 9.17) is 9.72 Å². The van der Waals surface area contributed by atoms with Gasteiger partial charge in [0.05, 0.1) is 11.0 Å². The maximum absolute atomic E-state index is 13.3. The molecule has 1 aromatic heterocycles. The third-order valence-corrected chi connectivity index (χ3v) is 8.49. The fourth-order valence-electron chi connectivity index (χ4n) is 5.39. The second-order valence-electron chi connectivity index (χ2n) is 11.3. The van der Waals surface area contributed by atoms with Crippen molar-refractivity contribution in [2.24, 2.45) is 11.3 Å². The SMILES string of the molecule is CC1CN(c2nc(N3C=CC(OCCC4(C(F)(F)F)CC4)N3)ccc2C(=O)NSc2ccccc2)C(C)(C)C1. The van der Waals surface area contributed by atoms with Crippen molar-refractivity contribution in [2.45, 2.75) is 69.3 Å². The molecule has 0 bridgehead atoms. The molecule has 2 atom stereocenters. The molecule has 1 aromatic carbocycles. The van der Waals surface area contributed by atoms with Crippen molar-refractivity contribution in [3.8, 4) is 0 Å². The number of carbonyl (C=O) groups excluding carboxylic acids is 1. The number of amides is 1. The molecule has 39 heavy (non-hydrogen) atoms. The summed E-state index contributed by atoms with van der Waals surface area (Å²) in [6.45, 7) is 7.26. The number of pyridine rings is 1. The first-order valence-electron chi connectivity index (χ1n) is 13.2. The van der Waals surface area contributed by atoms with Gasteiger partial charge in [0.25, 0.3) is 5.91 Å². The van der Waals surface area contributed by atoms with Crippen LogP contribution in [0.25, 0.3) is 0 Å². The zero-order chi connectivity index (χ0) is 27.8. The maximum Gasteiger partial charge on any atom is 0.394 e. The summed E-state index contributed by atoms with van der Waals surface area (Å²) in [5.41, 5.74) is 1.83. The number of nitrogens with one attached hydrogen (secondary N) is 2. The van der Waals surface area contributed by atoms with Crippen molar-refractivity contribution in [3.05, 3.63) is 60.3 Å². The number of hydrazine groups is 1. The summed E-state index contributed by atoms with van der Waals surface area (Å²) < 4.78 is 48.3. The minimum atomic E-state index is -4.18. The molecule has 7 nitrogen and oxygen atoms in total. The van der Waals surface area contributed by atoms with Crippen LogP contribution in [0.2, 0.25) is 0 Å². The number of halogens is 3. The lowest BCUT2D eigenvalue weighted by atomic mass is 9.97. The van der Waals surface area contributed by atoms with E-state index in [0.717, 1.165) is 17.9 Å². The molecule has 2 unspecified atom stereocenters. The summed E-state index contributed by atoms with van der Waals surface area (Å²) in [5, 5.41) is 1.68. The Balaban J connectivity index is 1.29.